The van der Waals surface area contributed by atoms with Gasteiger partial charge < -0.3 is 4.74 Å². The first-order valence-corrected chi connectivity index (χ1v) is 9.28. The molecule has 5 nitrogen and oxygen atoms in total. The van der Waals surface area contributed by atoms with E-state index in [1.165, 1.54) is 17.5 Å². The van der Waals surface area contributed by atoms with Gasteiger partial charge in [-0.2, -0.15) is 4.31 Å². The minimum atomic E-state index is -3.56. The molecule has 1 aromatic carbocycles. The van der Waals surface area contributed by atoms with E-state index < -0.39 is 10.0 Å². The molecule has 2 aromatic rings. The van der Waals surface area contributed by atoms with Gasteiger partial charge in [-0.15, -0.1) is 0 Å². The van der Waals surface area contributed by atoms with Crippen LogP contribution in [0.15, 0.2) is 39.1 Å². The van der Waals surface area contributed by atoms with Crippen LogP contribution in [0.3, 0.4) is 0 Å². The number of likely N-dealkylation sites (N-methyl/N-ethyl adjacent to an activating group) is 1. The maximum Gasteiger partial charge on any atom is 0.254 e. The zero-order valence-corrected chi connectivity index (χ0v) is 15.0. The van der Waals surface area contributed by atoms with Crippen molar-refractivity contribution in [1.82, 2.24) is 9.29 Å². The van der Waals surface area contributed by atoms with Crippen LogP contribution in [0.5, 0.6) is 5.75 Å². The fourth-order valence-electron chi connectivity index (χ4n) is 1.46. The second-order valence-electron chi connectivity index (χ2n) is 4.06. The smallest absolute Gasteiger partial charge is 0.254 e. The number of halogens is 2. The van der Waals surface area contributed by atoms with E-state index in [2.05, 4.69) is 20.9 Å². The number of hydrogen-bond donors (Lipinski definition) is 0. The second-order valence-corrected chi connectivity index (χ2v) is 8.86. The van der Waals surface area contributed by atoms with Gasteiger partial charge in [0.1, 0.15) is 12.4 Å². The van der Waals surface area contributed by atoms with E-state index in [0.717, 1.165) is 15.8 Å². The molecular formula is C12H12BrClN2O3S2. The van der Waals surface area contributed by atoms with Crippen molar-refractivity contribution in [3.05, 3.63) is 39.4 Å². The molecule has 0 fully saturated rings. The van der Waals surface area contributed by atoms with E-state index in [4.69, 9.17) is 16.3 Å². The topological polar surface area (TPSA) is 59.5 Å². The summed E-state index contributed by atoms with van der Waals surface area (Å²) in [6.07, 6.45) is 1.26. The number of rotatable bonds is 6. The van der Waals surface area contributed by atoms with Crippen molar-refractivity contribution in [3.8, 4) is 5.75 Å². The highest BCUT2D eigenvalue weighted by atomic mass is 79.9. The molecular weight excluding hydrogens is 400 g/mol. The lowest BCUT2D eigenvalue weighted by molar-refractivity contribution is 0.287. The quantitative estimate of drug-likeness (QED) is 0.732. The van der Waals surface area contributed by atoms with Crippen LogP contribution in [0.1, 0.15) is 0 Å². The van der Waals surface area contributed by atoms with Crippen LogP contribution in [-0.2, 0) is 10.0 Å². The molecule has 0 saturated heterocycles. The highest BCUT2D eigenvalue weighted by molar-refractivity contribution is 9.10. The molecule has 0 aliphatic rings. The Kier molecular flexibility index (Phi) is 5.61. The maximum atomic E-state index is 12.2. The molecule has 0 spiro atoms. The molecule has 1 heterocycles. The minimum Gasteiger partial charge on any atom is -0.492 e. The Morgan fingerprint density at radius 1 is 1.38 bits per heavy atom. The first-order chi connectivity index (χ1) is 9.89. The van der Waals surface area contributed by atoms with Crippen molar-refractivity contribution in [2.24, 2.45) is 0 Å². The van der Waals surface area contributed by atoms with Crippen molar-refractivity contribution in [1.29, 1.82) is 0 Å². The van der Waals surface area contributed by atoms with Gasteiger partial charge in [-0.25, -0.2) is 13.4 Å². The number of thiazole rings is 1. The number of sulfonamides is 1. The van der Waals surface area contributed by atoms with Gasteiger partial charge in [0.15, 0.2) is 8.68 Å². The van der Waals surface area contributed by atoms with Crippen molar-refractivity contribution < 1.29 is 13.2 Å². The first-order valence-electron chi connectivity index (χ1n) is 5.85. The summed E-state index contributed by atoms with van der Waals surface area (Å²) in [6, 6.07) is 7.33. The van der Waals surface area contributed by atoms with E-state index >= 15 is 0 Å². The monoisotopic (exact) mass is 410 g/mol. The van der Waals surface area contributed by atoms with Gasteiger partial charge in [0.2, 0.25) is 0 Å². The number of hydrogen-bond acceptors (Lipinski definition) is 5. The number of aromatic nitrogens is 1. The van der Waals surface area contributed by atoms with Crippen molar-refractivity contribution in [2.75, 3.05) is 20.2 Å². The predicted octanol–water partition coefficient (Wildman–Crippen LogP) is 3.26. The van der Waals surface area contributed by atoms with Crippen LogP contribution in [0.25, 0.3) is 0 Å². The molecule has 0 unspecified atom stereocenters. The molecule has 0 aliphatic carbocycles. The Bertz CT molecular complexity index is 704. The zero-order chi connectivity index (χ0) is 15.5. The second kappa shape index (κ2) is 7.06. The Morgan fingerprint density at radius 2 is 2.05 bits per heavy atom. The summed E-state index contributed by atoms with van der Waals surface area (Å²) in [5, 5.41) is 0. The molecule has 2 rings (SSSR count). The normalized spacial score (nSPS) is 11.8. The highest BCUT2D eigenvalue weighted by Crippen LogP contribution is 2.24. The van der Waals surface area contributed by atoms with Gasteiger partial charge in [-0.1, -0.05) is 38.9 Å². The fourth-order valence-corrected chi connectivity index (χ4v) is 4.38. The zero-order valence-electron chi connectivity index (χ0n) is 11.0. The van der Waals surface area contributed by atoms with Gasteiger partial charge in [-0.3, -0.25) is 0 Å². The summed E-state index contributed by atoms with van der Waals surface area (Å²) < 4.78 is 32.4. The lowest BCUT2D eigenvalue weighted by Gasteiger charge is -2.16. The van der Waals surface area contributed by atoms with E-state index in [0.29, 0.717) is 5.75 Å². The summed E-state index contributed by atoms with van der Waals surface area (Å²) >= 11 is 9.93. The molecule has 9 heteroatoms. The van der Waals surface area contributed by atoms with Crippen molar-refractivity contribution in [2.45, 2.75) is 4.21 Å². The fraction of sp³-hybridized carbons (Fsp3) is 0.250. The Hall–Kier alpha value is -0.670. The van der Waals surface area contributed by atoms with Gasteiger partial charge in [0.25, 0.3) is 10.0 Å². The third-order valence-electron chi connectivity index (χ3n) is 2.61. The lowest BCUT2D eigenvalue weighted by Crippen LogP contribution is -2.30. The van der Waals surface area contributed by atoms with Gasteiger partial charge >= 0.3 is 0 Å². The molecule has 0 N–H and O–H groups in total. The third kappa shape index (κ3) is 4.40. The molecule has 0 aliphatic heterocycles. The van der Waals surface area contributed by atoms with Crippen molar-refractivity contribution >= 4 is 48.9 Å². The van der Waals surface area contributed by atoms with E-state index in [9.17, 15) is 8.42 Å². The molecule has 0 atom stereocenters. The number of ether oxygens (including phenoxy) is 1. The number of benzene rings is 1. The van der Waals surface area contributed by atoms with Crippen LogP contribution >= 0.6 is 38.9 Å². The SMILES string of the molecule is CN(CCOc1ccc(Br)cc1)S(=O)(=O)c1cnc(Cl)s1. The molecule has 0 saturated carbocycles. The van der Waals surface area contributed by atoms with E-state index in [1.54, 1.807) is 0 Å². The first kappa shape index (κ1) is 16.7. The maximum absolute atomic E-state index is 12.2. The molecule has 21 heavy (non-hydrogen) atoms. The lowest BCUT2D eigenvalue weighted by atomic mass is 10.3. The molecule has 0 radical (unpaired) electrons. The van der Waals surface area contributed by atoms with Gasteiger partial charge in [0, 0.05) is 18.1 Å². The molecule has 0 bridgehead atoms. The summed E-state index contributed by atoms with van der Waals surface area (Å²) in [7, 11) is -2.07. The Morgan fingerprint density at radius 3 is 2.62 bits per heavy atom. The third-order valence-corrected chi connectivity index (χ3v) is 6.55. The highest BCUT2D eigenvalue weighted by Gasteiger charge is 2.23. The minimum absolute atomic E-state index is 0.124. The molecule has 1 aromatic heterocycles. The van der Waals surface area contributed by atoms with E-state index in [-0.39, 0.29) is 21.8 Å². The molecule has 114 valence electrons. The standard InChI is InChI=1S/C12H12BrClN2O3S2/c1-16(21(17,18)11-8-15-12(14)20-11)6-7-19-10-4-2-9(13)3-5-10/h2-5,8H,6-7H2,1H3. The summed E-state index contributed by atoms with van der Waals surface area (Å²) in [6.45, 7) is 0.484. The Balaban J connectivity index is 1.92. The van der Waals surface area contributed by atoms with Crippen LogP contribution in [0, 0.1) is 0 Å². The van der Waals surface area contributed by atoms with Gasteiger partial charge in [0.05, 0.1) is 6.20 Å². The van der Waals surface area contributed by atoms with Crippen LogP contribution in [0.2, 0.25) is 4.47 Å². The van der Waals surface area contributed by atoms with Crippen molar-refractivity contribution in [3.63, 3.8) is 0 Å². The summed E-state index contributed by atoms with van der Waals surface area (Å²) in [4.78, 5) is 3.74. The largest absolute Gasteiger partial charge is 0.492 e. The predicted molar refractivity (Wildman–Crippen MR) is 86.6 cm³/mol. The average molecular weight is 412 g/mol. The summed E-state index contributed by atoms with van der Waals surface area (Å²) in [5.41, 5.74) is 0. The van der Waals surface area contributed by atoms with Crippen LogP contribution in [0.4, 0.5) is 0 Å². The van der Waals surface area contributed by atoms with E-state index in [1.807, 2.05) is 24.3 Å². The Labute approximate surface area is 140 Å². The van der Waals surface area contributed by atoms with Crippen LogP contribution in [-0.4, -0.2) is 37.9 Å². The van der Waals surface area contributed by atoms with Gasteiger partial charge in [-0.05, 0) is 24.3 Å². The van der Waals surface area contributed by atoms with Crippen LogP contribution < -0.4 is 4.74 Å². The molecule has 0 amide bonds. The number of nitrogens with zero attached hydrogens (tertiary/aromatic N) is 2. The summed E-state index contributed by atoms with van der Waals surface area (Å²) in [5.74, 6) is 0.685. The average Bonchev–Trinajstić information content (AvgIpc) is 2.88.